The predicted octanol–water partition coefficient (Wildman–Crippen LogP) is 2.15. The van der Waals surface area contributed by atoms with Crippen LogP contribution in [0.25, 0.3) is 11.4 Å². The number of Topliss-reactive ketones (excluding diaryl/α,β-unsaturated/α-hetero) is 1. The molecule has 2 rings (SSSR count). The Labute approximate surface area is 97.5 Å². The summed E-state index contributed by atoms with van der Waals surface area (Å²) in [4.78, 5) is 15.1. The Kier molecular flexibility index (Phi) is 3.36. The fourth-order valence-electron chi connectivity index (χ4n) is 1.20. The number of thioether (sulfide) groups is 1. The molecule has 0 amide bonds. The first kappa shape index (κ1) is 10.9. The molecule has 0 aliphatic carbocycles. The molecular weight excluding hydrogens is 222 g/mol. The van der Waals surface area contributed by atoms with Crippen molar-refractivity contribution in [1.29, 1.82) is 0 Å². The maximum atomic E-state index is 10.8. The van der Waals surface area contributed by atoms with E-state index < -0.39 is 0 Å². The van der Waals surface area contributed by atoms with E-state index >= 15 is 0 Å². The van der Waals surface area contributed by atoms with Gasteiger partial charge in [-0.1, -0.05) is 42.1 Å². The first-order valence-corrected chi connectivity index (χ1v) is 5.84. The zero-order valence-corrected chi connectivity index (χ0v) is 9.62. The van der Waals surface area contributed by atoms with Crippen molar-refractivity contribution in [2.45, 2.75) is 12.1 Å². The highest BCUT2D eigenvalue weighted by Crippen LogP contribution is 2.18. The van der Waals surface area contributed by atoms with Crippen LogP contribution in [0.2, 0.25) is 0 Å². The zero-order chi connectivity index (χ0) is 11.4. The predicted molar refractivity (Wildman–Crippen MR) is 63.2 cm³/mol. The highest BCUT2D eigenvalue weighted by atomic mass is 32.2. The van der Waals surface area contributed by atoms with Gasteiger partial charge in [-0.25, -0.2) is 4.98 Å². The molecule has 0 saturated heterocycles. The summed E-state index contributed by atoms with van der Waals surface area (Å²) < 4.78 is 0. The minimum absolute atomic E-state index is 0.121. The van der Waals surface area contributed by atoms with Crippen molar-refractivity contribution in [2.75, 3.05) is 5.75 Å². The number of hydrogen-bond acceptors (Lipinski definition) is 4. The van der Waals surface area contributed by atoms with Crippen LogP contribution in [0.3, 0.4) is 0 Å². The number of nitrogens with one attached hydrogen (secondary N) is 1. The van der Waals surface area contributed by atoms with Crippen molar-refractivity contribution < 1.29 is 4.79 Å². The van der Waals surface area contributed by atoms with Crippen LogP contribution in [0.15, 0.2) is 35.5 Å². The molecule has 1 aromatic carbocycles. The highest BCUT2D eigenvalue weighted by molar-refractivity contribution is 7.99. The summed E-state index contributed by atoms with van der Waals surface area (Å²) in [6.45, 7) is 1.55. The topological polar surface area (TPSA) is 58.6 Å². The van der Waals surface area contributed by atoms with E-state index in [0.717, 1.165) is 11.4 Å². The fourth-order valence-corrected chi connectivity index (χ4v) is 1.80. The number of aromatic amines is 1. The Morgan fingerprint density at radius 2 is 2.12 bits per heavy atom. The highest BCUT2D eigenvalue weighted by Gasteiger charge is 2.06. The van der Waals surface area contributed by atoms with Gasteiger partial charge in [0, 0.05) is 5.56 Å². The third-order valence-electron chi connectivity index (χ3n) is 1.92. The number of benzene rings is 1. The van der Waals surface area contributed by atoms with E-state index in [4.69, 9.17) is 0 Å². The van der Waals surface area contributed by atoms with E-state index in [9.17, 15) is 4.79 Å². The fraction of sp³-hybridized carbons (Fsp3) is 0.182. The van der Waals surface area contributed by atoms with Crippen LogP contribution in [-0.2, 0) is 4.79 Å². The molecule has 0 atom stereocenters. The molecule has 5 heteroatoms. The van der Waals surface area contributed by atoms with E-state index in [1.54, 1.807) is 6.92 Å². The SMILES string of the molecule is CC(=O)CSc1n[nH]c(-c2ccccc2)n1. The number of carbonyl (C=O) groups is 1. The van der Waals surface area contributed by atoms with Crippen LogP contribution in [0.5, 0.6) is 0 Å². The van der Waals surface area contributed by atoms with Gasteiger partial charge in [-0.2, -0.15) is 0 Å². The van der Waals surface area contributed by atoms with Crippen LogP contribution < -0.4 is 0 Å². The lowest BCUT2D eigenvalue weighted by atomic mass is 10.2. The summed E-state index contributed by atoms with van der Waals surface area (Å²) in [6.07, 6.45) is 0. The maximum Gasteiger partial charge on any atom is 0.209 e. The third kappa shape index (κ3) is 2.70. The molecule has 0 bridgehead atoms. The van der Waals surface area contributed by atoms with Crippen molar-refractivity contribution in [2.24, 2.45) is 0 Å². The standard InChI is InChI=1S/C11H11N3OS/c1-8(15)7-16-11-12-10(13-14-11)9-5-3-2-4-6-9/h2-6H,7H2,1H3,(H,12,13,14). The average Bonchev–Trinajstić information content (AvgIpc) is 2.76. The number of H-pyrrole nitrogens is 1. The lowest BCUT2D eigenvalue weighted by Gasteiger charge is -1.92. The molecular formula is C11H11N3OS. The number of nitrogens with zero attached hydrogens (tertiary/aromatic N) is 2. The summed E-state index contributed by atoms with van der Waals surface area (Å²) in [5.41, 5.74) is 0.990. The van der Waals surface area contributed by atoms with Crippen molar-refractivity contribution in [3.8, 4) is 11.4 Å². The minimum atomic E-state index is 0.121. The minimum Gasteiger partial charge on any atom is -0.299 e. The monoisotopic (exact) mass is 233 g/mol. The van der Waals surface area contributed by atoms with Gasteiger partial charge in [-0.3, -0.25) is 9.89 Å². The molecule has 0 fully saturated rings. The van der Waals surface area contributed by atoms with Crippen molar-refractivity contribution in [3.63, 3.8) is 0 Å². The summed E-state index contributed by atoms with van der Waals surface area (Å²) in [7, 11) is 0. The molecule has 0 spiro atoms. The number of aromatic nitrogens is 3. The van der Waals surface area contributed by atoms with Gasteiger partial charge in [0.05, 0.1) is 5.75 Å². The average molecular weight is 233 g/mol. The maximum absolute atomic E-state index is 10.8. The van der Waals surface area contributed by atoms with Gasteiger partial charge < -0.3 is 0 Å². The van der Waals surface area contributed by atoms with Gasteiger partial charge in [-0.15, -0.1) is 5.10 Å². The van der Waals surface area contributed by atoms with Crippen LogP contribution in [0, 0.1) is 0 Å². The smallest absolute Gasteiger partial charge is 0.209 e. The first-order valence-electron chi connectivity index (χ1n) is 4.86. The van der Waals surface area contributed by atoms with E-state index in [0.29, 0.717) is 10.9 Å². The van der Waals surface area contributed by atoms with Gasteiger partial charge >= 0.3 is 0 Å². The molecule has 1 heterocycles. The molecule has 1 N–H and O–H groups in total. The molecule has 0 unspecified atom stereocenters. The third-order valence-corrected chi connectivity index (χ3v) is 2.91. The normalized spacial score (nSPS) is 10.3. The summed E-state index contributed by atoms with van der Waals surface area (Å²) >= 11 is 1.34. The van der Waals surface area contributed by atoms with Gasteiger partial charge in [0.2, 0.25) is 5.16 Å². The molecule has 0 aliphatic rings. The summed E-state index contributed by atoms with van der Waals surface area (Å²) in [5, 5.41) is 7.50. The van der Waals surface area contributed by atoms with Crippen molar-refractivity contribution >= 4 is 17.5 Å². The van der Waals surface area contributed by atoms with Crippen molar-refractivity contribution in [3.05, 3.63) is 30.3 Å². The van der Waals surface area contributed by atoms with E-state index in [1.807, 2.05) is 30.3 Å². The number of hydrogen-bond donors (Lipinski definition) is 1. The number of rotatable bonds is 4. The second-order valence-electron chi connectivity index (χ2n) is 3.32. The Balaban J connectivity index is 2.11. The van der Waals surface area contributed by atoms with Gasteiger partial charge in [0.25, 0.3) is 0 Å². The quantitative estimate of drug-likeness (QED) is 0.822. The molecule has 1 aromatic heterocycles. The molecule has 2 aromatic rings. The Hall–Kier alpha value is -1.62. The van der Waals surface area contributed by atoms with E-state index in [2.05, 4.69) is 15.2 Å². The molecule has 16 heavy (non-hydrogen) atoms. The Morgan fingerprint density at radius 1 is 1.38 bits per heavy atom. The lowest BCUT2D eigenvalue weighted by molar-refractivity contribution is -0.114. The molecule has 0 radical (unpaired) electrons. The molecule has 4 nitrogen and oxygen atoms in total. The molecule has 82 valence electrons. The van der Waals surface area contributed by atoms with Gasteiger partial charge in [-0.05, 0) is 6.92 Å². The summed E-state index contributed by atoms with van der Waals surface area (Å²) in [5.74, 6) is 1.26. The largest absolute Gasteiger partial charge is 0.299 e. The molecule has 0 aliphatic heterocycles. The van der Waals surface area contributed by atoms with Gasteiger partial charge in [0.1, 0.15) is 5.78 Å². The Bertz CT molecular complexity index is 481. The molecule has 0 saturated carbocycles. The summed E-state index contributed by atoms with van der Waals surface area (Å²) in [6, 6.07) is 9.76. The van der Waals surface area contributed by atoms with E-state index in [-0.39, 0.29) is 5.78 Å². The second kappa shape index (κ2) is 4.94. The number of ketones is 1. The van der Waals surface area contributed by atoms with Crippen molar-refractivity contribution in [1.82, 2.24) is 15.2 Å². The lowest BCUT2D eigenvalue weighted by Crippen LogP contribution is -1.93. The van der Waals surface area contributed by atoms with Gasteiger partial charge in [0.15, 0.2) is 5.82 Å². The van der Waals surface area contributed by atoms with E-state index in [1.165, 1.54) is 11.8 Å². The second-order valence-corrected chi connectivity index (χ2v) is 4.27. The van der Waals surface area contributed by atoms with Crippen LogP contribution in [0.4, 0.5) is 0 Å². The zero-order valence-electron chi connectivity index (χ0n) is 8.80. The number of carbonyl (C=O) groups excluding carboxylic acids is 1. The Morgan fingerprint density at radius 3 is 2.81 bits per heavy atom. The van der Waals surface area contributed by atoms with Crippen LogP contribution >= 0.6 is 11.8 Å². The first-order chi connectivity index (χ1) is 7.75. The van der Waals surface area contributed by atoms with Crippen LogP contribution in [0.1, 0.15) is 6.92 Å². The van der Waals surface area contributed by atoms with Crippen LogP contribution in [-0.4, -0.2) is 26.7 Å².